The standard InChI is InChI=1S/C23H23NO3/c1-17-7-2-3-9-19(17)15-27-23-16-26-20(13-22(23)25)14-24-12-6-10-18-8-4-5-11-21(18)24/h2-5,7-9,11,13,16H,6,10,12,14-15H2,1H3. The number of aryl methyl sites for hydroxylation is 2. The van der Waals surface area contributed by atoms with Crippen LogP contribution in [0, 0.1) is 6.92 Å². The van der Waals surface area contributed by atoms with Crippen molar-refractivity contribution in [2.24, 2.45) is 0 Å². The van der Waals surface area contributed by atoms with Crippen molar-refractivity contribution in [2.45, 2.75) is 32.9 Å². The summed E-state index contributed by atoms with van der Waals surface area (Å²) in [5.41, 5.74) is 4.64. The Morgan fingerprint density at radius 1 is 1.11 bits per heavy atom. The average molecular weight is 361 g/mol. The first-order valence-electron chi connectivity index (χ1n) is 9.32. The van der Waals surface area contributed by atoms with E-state index in [9.17, 15) is 4.79 Å². The lowest BCUT2D eigenvalue weighted by molar-refractivity contribution is 0.288. The van der Waals surface area contributed by atoms with Crippen LogP contribution in [0.3, 0.4) is 0 Å². The first-order chi connectivity index (χ1) is 13.2. The molecule has 0 unspecified atom stereocenters. The Kier molecular flexibility index (Phi) is 4.97. The summed E-state index contributed by atoms with van der Waals surface area (Å²) in [6.45, 7) is 3.94. The Labute approximate surface area is 159 Å². The summed E-state index contributed by atoms with van der Waals surface area (Å²) in [7, 11) is 0. The van der Waals surface area contributed by atoms with E-state index in [0.717, 1.165) is 30.5 Å². The average Bonchev–Trinajstić information content (AvgIpc) is 2.69. The van der Waals surface area contributed by atoms with E-state index in [0.29, 0.717) is 18.9 Å². The van der Waals surface area contributed by atoms with Crippen molar-refractivity contribution in [3.63, 3.8) is 0 Å². The van der Waals surface area contributed by atoms with Crippen LogP contribution < -0.4 is 15.1 Å². The molecule has 0 aliphatic carbocycles. The predicted molar refractivity (Wildman–Crippen MR) is 106 cm³/mol. The first kappa shape index (κ1) is 17.4. The van der Waals surface area contributed by atoms with Crippen molar-refractivity contribution in [1.82, 2.24) is 0 Å². The molecule has 4 nitrogen and oxygen atoms in total. The van der Waals surface area contributed by atoms with Gasteiger partial charge in [-0.15, -0.1) is 0 Å². The predicted octanol–water partition coefficient (Wildman–Crippen LogP) is 4.48. The molecule has 0 N–H and O–H groups in total. The molecule has 0 atom stereocenters. The van der Waals surface area contributed by atoms with Crippen molar-refractivity contribution in [3.05, 3.63) is 93.5 Å². The van der Waals surface area contributed by atoms with Crippen LogP contribution >= 0.6 is 0 Å². The number of anilines is 1. The lowest BCUT2D eigenvalue weighted by atomic mass is 10.0. The summed E-state index contributed by atoms with van der Waals surface area (Å²) >= 11 is 0. The van der Waals surface area contributed by atoms with Gasteiger partial charge in [-0.1, -0.05) is 42.5 Å². The second-order valence-electron chi connectivity index (χ2n) is 6.94. The fraction of sp³-hybridized carbons (Fsp3) is 0.261. The molecule has 0 spiro atoms. The highest BCUT2D eigenvalue weighted by Gasteiger charge is 2.17. The number of hydrogen-bond donors (Lipinski definition) is 0. The molecular formula is C23H23NO3. The summed E-state index contributed by atoms with van der Waals surface area (Å²) in [5.74, 6) is 0.904. The quantitative estimate of drug-likeness (QED) is 0.672. The van der Waals surface area contributed by atoms with Gasteiger partial charge in [0.15, 0.2) is 0 Å². The minimum Gasteiger partial charge on any atom is -0.482 e. The Balaban J connectivity index is 1.46. The van der Waals surface area contributed by atoms with Crippen LogP contribution in [-0.2, 0) is 19.6 Å². The Morgan fingerprint density at radius 2 is 1.93 bits per heavy atom. The first-order valence-corrected chi connectivity index (χ1v) is 9.32. The Hall–Kier alpha value is -3.01. The summed E-state index contributed by atoms with van der Waals surface area (Å²) in [6.07, 6.45) is 3.65. The van der Waals surface area contributed by atoms with Crippen molar-refractivity contribution < 1.29 is 9.15 Å². The molecule has 2 aromatic carbocycles. The van der Waals surface area contributed by atoms with E-state index >= 15 is 0 Å². The molecule has 2 heterocycles. The van der Waals surface area contributed by atoms with Crippen LogP contribution in [0.25, 0.3) is 0 Å². The molecule has 0 amide bonds. The summed E-state index contributed by atoms with van der Waals surface area (Å²) < 4.78 is 11.4. The maximum Gasteiger partial charge on any atom is 0.227 e. The van der Waals surface area contributed by atoms with Crippen molar-refractivity contribution in [2.75, 3.05) is 11.4 Å². The number of benzene rings is 2. The van der Waals surface area contributed by atoms with Crippen LogP contribution in [0.4, 0.5) is 5.69 Å². The highest BCUT2D eigenvalue weighted by molar-refractivity contribution is 5.55. The lowest BCUT2D eigenvalue weighted by Crippen LogP contribution is -2.29. The van der Waals surface area contributed by atoms with Gasteiger partial charge in [0.1, 0.15) is 18.6 Å². The SMILES string of the molecule is Cc1ccccc1COc1coc(CN2CCCc3ccccc32)cc1=O. The molecule has 27 heavy (non-hydrogen) atoms. The molecule has 3 aromatic rings. The van der Waals surface area contributed by atoms with Gasteiger partial charge in [-0.3, -0.25) is 4.79 Å². The Morgan fingerprint density at radius 3 is 2.78 bits per heavy atom. The van der Waals surface area contributed by atoms with Gasteiger partial charge in [0.2, 0.25) is 11.2 Å². The van der Waals surface area contributed by atoms with Crippen LogP contribution in [-0.4, -0.2) is 6.54 Å². The number of hydrogen-bond acceptors (Lipinski definition) is 4. The van der Waals surface area contributed by atoms with E-state index in [2.05, 4.69) is 29.2 Å². The van der Waals surface area contributed by atoms with Crippen LogP contribution in [0.2, 0.25) is 0 Å². The number of rotatable bonds is 5. The molecule has 1 aromatic heterocycles. The zero-order valence-electron chi connectivity index (χ0n) is 15.5. The van der Waals surface area contributed by atoms with Gasteiger partial charge in [-0.2, -0.15) is 0 Å². The third-order valence-electron chi connectivity index (χ3n) is 5.05. The maximum atomic E-state index is 12.4. The summed E-state index contributed by atoms with van der Waals surface area (Å²) in [4.78, 5) is 14.7. The molecule has 0 fully saturated rings. The van der Waals surface area contributed by atoms with Crippen molar-refractivity contribution in [1.29, 1.82) is 0 Å². The monoisotopic (exact) mass is 361 g/mol. The third kappa shape index (κ3) is 3.90. The highest BCUT2D eigenvalue weighted by atomic mass is 16.5. The van der Waals surface area contributed by atoms with Crippen LogP contribution in [0.1, 0.15) is 28.9 Å². The fourth-order valence-corrected chi connectivity index (χ4v) is 3.52. The van der Waals surface area contributed by atoms with Gasteiger partial charge < -0.3 is 14.1 Å². The van der Waals surface area contributed by atoms with E-state index in [4.69, 9.17) is 9.15 Å². The van der Waals surface area contributed by atoms with E-state index in [1.54, 1.807) is 6.07 Å². The summed E-state index contributed by atoms with van der Waals surface area (Å²) in [6, 6.07) is 17.9. The number of nitrogens with zero attached hydrogens (tertiary/aromatic N) is 1. The van der Waals surface area contributed by atoms with E-state index in [1.165, 1.54) is 17.5 Å². The van der Waals surface area contributed by atoms with Crippen molar-refractivity contribution in [3.8, 4) is 5.75 Å². The molecular weight excluding hydrogens is 338 g/mol. The van der Waals surface area contributed by atoms with Gasteiger partial charge in [0.25, 0.3) is 0 Å². The molecule has 0 radical (unpaired) electrons. The van der Waals surface area contributed by atoms with Crippen LogP contribution in [0.15, 0.2) is 70.1 Å². The highest BCUT2D eigenvalue weighted by Crippen LogP contribution is 2.28. The molecule has 1 aliphatic rings. The smallest absolute Gasteiger partial charge is 0.227 e. The maximum absolute atomic E-state index is 12.4. The van der Waals surface area contributed by atoms with Gasteiger partial charge in [-0.25, -0.2) is 0 Å². The topological polar surface area (TPSA) is 42.7 Å². The molecule has 1 aliphatic heterocycles. The van der Waals surface area contributed by atoms with Gasteiger partial charge >= 0.3 is 0 Å². The van der Waals surface area contributed by atoms with Crippen molar-refractivity contribution >= 4 is 5.69 Å². The molecule has 0 bridgehead atoms. The normalized spacial score (nSPS) is 13.3. The minimum atomic E-state index is -0.143. The fourth-order valence-electron chi connectivity index (χ4n) is 3.52. The van der Waals surface area contributed by atoms with Gasteiger partial charge in [-0.05, 0) is 42.5 Å². The molecule has 138 valence electrons. The van der Waals surface area contributed by atoms with E-state index in [-0.39, 0.29) is 11.2 Å². The zero-order valence-corrected chi connectivity index (χ0v) is 15.5. The Bertz CT molecular complexity index is 993. The molecule has 4 heteroatoms. The molecule has 0 saturated carbocycles. The number of para-hydroxylation sites is 1. The van der Waals surface area contributed by atoms with Crippen LogP contribution in [0.5, 0.6) is 5.75 Å². The lowest BCUT2D eigenvalue weighted by Gasteiger charge is -2.30. The zero-order chi connectivity index (χ0) is 18.6. The number of ether oxygens (including phenoxy) is 1. The largest absolute Gasteiger partial charge is 0.482 e. The molecule has 4 rings (SSSR count). The summed E-state index contributed by atoms with van der Waals surface area (Å²) in [5, 5.41) is 0. The molecule has 0 saturated heterocycles. The second kappa shape index (κ2) is 7.70. The third-order valence-corrected chi connectivity index (χ3v) is 5.05. The van der Waals surface area contributed by atoms with E-state index in [1.807, 2.05) is 31.2 Å². The van der Waals surface area contributed by atoms with Gasteiger partial charge in [0.05, 0.1) is 6.54 Å². The second-order valence-corrected chi connectivity index (χ2v) is 6.94. The van der Waals surface area contributed by atoms with Gasteiger partial charge in [0, 0.05) is 18.3 Å². The van der Waals surface area contributed by atoms with E-state index < -0.39 is 0 Å². The number of fused-ring (bicyclic) bond motifs is 1. The minimum absolute atomic E-state index is 0.143.